The zero-order valence-electron chi connectivity index (χ0n) is 6.20. The Kier molecular flexibility index (Phi) is 3.78. The first kappa shape index (κ1) is 9.45. The highest BCUT2D eigenvalue weighted by Gasteiger charge is 2.27. The number of alkyl halides is 1. The van der Waals surface area contributed by atoms with Gasteiger partial charge >= 0.3 is 0 Å². The summed E-state index contributed by atoms with van der Waals surface area (Å²) in [6.45, 7) is 1.88. The van der Waals surface area contributed by atoms with Crippen molar-refractivity contribution in [3.05, 3.63) is 0 Å². The van der Waals surface area contributed by atoms with E-state index in [4.69, 9.17) is 16.2 Å². The van der Waals surface area contributed by atoms with Crippen molar-refractivity contribution in [2.24, 2.45) is 0 Å². The summed E-state index contributed by atoms with van der Waals surface area (Å²) in [5.74, 6) is 0.452. The predicted octanol–water partition coefficient (Wildman–Crippen LogP) is 0.869. The monoisotopic (exact) mass is 197 g/mol. The number of nitrogens with zero attached hydrogens (tertiary/aromatic N) is 1. The van der Waals surface area contributed by atoms with E-state index in [-0.39, 0.29) is 5.37 Å². The maximum Gasteiger partial charge on any atom is 0.170 e. The molecule has 0 amide bonds. The summed E-state index contributed by atoms with van der Waals surface area (Å²) in [6.07, 6.45) is 1.74. The summed E-state index contributed by atoms with van der Waals surface area (Å²) in [5.41, 5.74) is 0. The molecule has 0 spiro atoms. The van der Waals surface area contributed by atoms with Gasteiger partial charge in [0, 0.05) is 19.0 Å². The number of likely N-dealkylation sites (tertiary alicyclic amines) is 1. The topological polar surface area (TPSA) is 40.5 Å². The molecule has 1 heterocycles. The van der Waals surface area contributed by atoms with Gasteiger partial charge in [0.05, 0.1) is 0 Å². The van der Waals surface area contributed by atoms with Crippen LogP contribution in [0.25, 0.3) is 0 Å². The quantitative estimate of drug-likeness (QED) is 0.537. The fourth-order valence-electron chi connectivity index (χ4n) is 1.13. The molecule has 1 aliphatic rings. The Labute approximate surface area is 74.0 Å². The molecule has 1 saturated heterocycles. The standard InChI is InChI=1S/C6H12ClNO2S/c7-3-2-6(11(9)10)8-4-1-5-8/h6H,1-5H2,(H,9,10). The minimum Gasteiger partial charge on any atom is -0.305 e. The van der Waals surface area contributed by atoms with Gasteiger partial charge in [-0.05, 0) is 12.8 Å². The van der Waals surface area contributed by atoms with Gasteiger partial charge in [-0.15, -0.1) is 11.6 Å². The molecule has 1 aliphatic heterocycles. The van der Waals surface area contributed by atoms with Crippen LogP contribution in [0.5, 0.6) is 0 Å². The molecule has 66 valence electrons. The van der Waals surface area contributed by atoms with E-state index in [2.05, 4.69) is 0 Å². The number of hydrogen-bond acceptors (Lipinski definition) is 2. The second-order valence-electron chi connectivity index (χ2n) is 2.60. The maximum absolute atomic E-state index is 10.7. The first-order valence-electron chi connectivity index (χ1n) is 3.65. The Bertz CT molecular complexity index is 152. The van der Waals surface area contributed by atoms with Gasteiger partial charge in [-0.1, -0.05) is 0 Å². The Morgan fingerprint density at radius 2 is 2.27 bits per heavy atom. The highest BCUT2D eigenvalue weighted by atomic mass is 35.5. The Balaban J connectivity index is 2.37. The number of rotatable bonds is 4. The molecule has 11 heavy (non-hydrogen) atoms. The molecule has 0 aromatic heterocycles. The lowest BCUT2D eigenvalue weighted by Crippen LogP contribution is -2.47. The predicted molar refractivity (Wildman–Crippen MR) is 46.1 cm³/mol. The smallest absolute Gasteiger partial charge is 0.170 e. The van der Waals surface area contributed by atoms with Gasteiger partial charge in [0.25, 0.3) is 0 Å². The molecule has 0 saturated carbocycles. The van der Waals surface area contributed by atoms with Crippen LogP contribution in [0.4, 0.5) is 0 Å². The lowest BCUT2D eigenvalue weighted by molar-refractivity contribution is 0.156. The van der Waals surface area contributed by atoms with Crippen LogP contribution in [-0.4, -0.2) is 38.0 Å². The van der Waals surface area contributed by atoms with E-state index >= 15 is 0 Å². The van der Waals surface area contributed by atoms with E-state index in [1.807, 2.05) is 4.90 Å². The molecule has 1 N–H and O–H groups in total. The lowest BCUT2D eigenvalue weighted by Gasteiger charge is -2.35. The number of hydrogen-bond donors (Lipinski definition) is 1. The summed E-state index contributed by atoms with van der Waals surface area (Å²) in [5, 5.41) is -0.235. The van der Waals surface area contributed by atoms with Gasteiger partial charge in [-0.25, -0.2) is 4.21 Å². The molecule has 0 radical (unpaired) electrons. The first-order valence-corrected chi connectivity index (χ1v) is 5.36. The minimum absolute atomic E-state index is 0.235. The van der Waals surface area contributed by atoms with Crippen molar-refractivity contribution < 1.29 is 8.76 Å². The van der Waals surface area contributed by atoms with Gasteiger partial charge in [0.2, 0.25) is 0 Å². The fourth-order valence-corrected chi connectivity index (χ4v) is 2.25. The number of halogens is 1. The molecule has 5 heteroatoms. The fraction of sp³-hybridized carbons (Fsp3) is 1.00. The molecule has 3 nitrogen and oxygen atoms in total. The van der Waals surface area contributed by atoms with Crippen LogP contribution in [0.1, 0.15) is 12.8 Å². The van der Waals surface area contributed by atoms with E-state index < -0.39 is 11.1 Å². The largest absolute Gasteiger partial charge is 0.305 e. The minimum atomic E-state index is -1.74. The third-order valence-corrected chi connectivity index (χ3v) is 3.10. The van der Waals surface area contributed by atoms with Crippen LogP contribution in [0, 0.1) is 0 Å². The normalized spacial score (nSPS) is 24.2. The second-order valence-corrected chi connectivity index (χ2v) is 4.07. The average Bonchev–Trinajstić information content (AvgIpc) is 1.82. The van der Waals surface area contributed by atoms with Crippen LogP contribution < -0.4 is 0 Å². The summed E-state index contributed by atoms with van der Waals surface area (Å²) >= 11 is 3.75. The van der Waals surface area contributed by atoms with Crippen molar-refractivity contribution >= 4 is 22.7 Å². The zero-order valence-corrected chi connectivity index (χ0v) is 7.77. The van der Waals surface area contributed by atoms with Crippen molar-refractivity contribution in [3.8, 4) is 0 Å². The molecule has 1 rings (SSSR count). The Morgan fingerprint density at radius 1 is 1.64 bits per heavy atom. The van der Waals surface area contributed by atoms with Crippen molar-refractivity contribution in [3.63, 3.8) is 0 Å². The third-order valence-electron chi connectivity index (χ3n) is 1.89. The molecule has 2 atom stereocenters. The molecular formula is C6H12ClNO2S. The zero-order chi connectivity index (χ0) is 8.27. The third kappa shape index (κ3) is 2.40. The van der Waals surface area contributed by atoms with Crippen LogP contribution in [0.3, 0.4) is 0 Å². The summed E-state index contributed by atoms with van der Waals surface area (Å²) in [7, 11) is 0. The van der Waals surface area contributed by atoms with Crippen molar-refractivity contribution in [2.75, 3.05) is 19.0 Å². The van der Waals surface area contributed by atoms with Crippen LogP contribution in [-0.2, 0) is 11.1 Å². The van der Waals surface area contributed by atoms with E-state index in [9.17, 15) is 4.21 Å². The summed E-state index contributed by atoms with van der Waals surface area (Å²) < 4.78 is 19.6. The van der Waals surface area contributed by atoms with Crippen molar-refractivity contribution in [2.45, 2.75) is 18.2 Å². The van der Waals surface area contributed by atoms with Crippen LogP contribution in [0.15, 0.2) is 0 Å². The molecule has 2 unspecified atom stereocenters. The lowest BCUT2D eigenvalue weighted by atomic mass is 10.2. The van der Waals surface area contributed by atoms with Crippen LogP contribution in [0.2, 0.25) is 0 Å². The molecule has 0 aromatic rings. The van der Waals surface area contributed by atoms with Crippen LogP contribution >= 0.6 is 11.6 Å². The van der Waals surface area contributed by atoms with E-state index in [0.29, 0.717) is 12.3 Å². The van der Waals surface area contributed by atoms with Gasteiger partial charge in [-0.3, -0.25) is 4.90 Å². The SMILES string of the molecule is O=S(O)C(CCCl)N1CCC1. The highest BCUT2D eigenvalue weighted by molar-refractivity contribution is 7.79. The second kappa shape index (κ2) is 4.40. The van der Waals surface area contributed by atoms with Gasteiger partial charge in [0.1, 0.15) is 5.37 Å². The first-order chi connectivity index (χ1) is 5.25. The van der Waals surface area contributed by atoms with Gasteiger partial charge < -0.3 is 4.55 Å². The van der Waals surface area contributed by atoms with Gasteiger partial charge in [0.15, 0.2) is 11.1 Å². The van der Waals surface area contributed by atoms with Gasteiger partial charge in [-0.2, -0.15) is 0 Å². The highest BCUT2D eigenvalue weighted by Crippen LogP contribution is 2.16. The maximum atomic E-state index is 10.7. The van der Waals surface area contributed by atoms with Crippen molar-refractivity contribution in [1.82, 2.24) is 4.90 Å². The molecule has 0 aliphatic carbocycles. The molecule has 0 bridgehead atoms. The van der Waals surface area contributed by atoms with E-state index in [1.165, 1.54) is 0 Å². The molecular weight excluding hydrogens is 186 g/mol. The molecule has 1 fully saturated rings. The van der Waals surface area contributed by atoms with E-state index in [1.54, 1.807) is 0 Å². The Hall–Kier alpha value is 0.360. The van der Waals surface area contributed by atoms with Crippen molar-refractivity contribution in [1.29, 1.82) is 0 Å². The Morgan fingerprint density at radius 3 is 2.55 bits per heavy atom. The summed E-state index contributed by atoms with van der Waals surface area (Å²) in [4.78, 5) is 2.00. The molecule has 0 aromatic carbocycles. The summed E-state index contributed by atoms with van der Waals surface area (Å²) in [6, 6.07) is 0. The average molecular weight is 198 g/mol. The van der Waals surface area contributed by atoms with E-state index in [0.717, 1.165) is 19.5 Å².